The number of piperazine rings is 1. The first-order valence-electron chi connectivity index (χ1n) is 7.81. The molecule has 2 aromatic heterocycles. The van der Waals surface area contributed by atoms with Crippen LogP contribution in [0.2, 0.25) is 0 Å². The molecule has 5 nitrogen and oxygen atoms in total. The Kier molecular flexibility index (Phi) is 3.33. The van der Waals surface area contributed by atoms with Crippen molar-refractivity contribution in [3.63, 3.8) is 0 Å². The van der Waals surface area contributed by atoms with E-state index in [1.165, 1.54) is 0 Å². The molecule has 1 saturated heterocycles. The first-order chi connectivity index (χ1) is 10.8. The SMILES string of the molecule is O=C(C1CC1c1ccco1)N1CCN(c2ccccn2)CC1. The third-order valence-electron chi connectivity index (χ3n) is 4.58. The van der Waals surface area contributed by atoms with E-state index in [4.69, 9.17) is 4.42 Å². The van der Waals surface area contributed by atoms with Crippen LogP contribution in [0.4, 0.5) is 5.82 Å². The maximum Gasteiger partial charge on any atom is 0.226 e. The lowest BCUT2D eigenvalue weighted by Crippen LogP contribution is -2.49. The van der Waals surface area contributed by atoms with Gasteiger partial charge in [-0.1, -0.05) is 6.07 Å². The van der Waals surface area contributed by atoms with Crippen LogP contribution in [0.5, 0.6) is 0 Å². The van der Waals surface area contributed by atoms with Crippen LogP contribution in [-0.4, -0.2) is 42.0 Å². The molecule has 1 aliphatic carbocycles. The molecule has 0 aromatic carbocycles. The Morgan fingerprint density at radius 3 is 2.68 bits per heavy atom. The lowest BCUT2D eigenvalue weighted by molar-refractivity contribution is -0.133. The third-order valence-corrected chi connectivity index (χ3v) is 4.58. The number of carbonyl (C=O) groups excluding carboxylic acids is 1. The van der Waals surface area contributed by atoms with E-state index in [1.54, 1.807) is 6.26 Å². The van der Waals surface area contributed by atoms with E-state index in [9.17, 15) is 4.79 Å². The Morgan fingerprint density at radius 2 is 2.00 bits per heavy atom. The van der Waals surface area contributed by atoms with Gasteiger partial charge in [-0.15, -0.1) is 0 Å². The summed E-state index contributed by atoms with van der Waals surface area (Å²) in [4.78, 5) is 21.2. The second kappa shape index (κ2) is 5.48. The Labute approximate surface area is 129 Å². The molecule has 0 spiro atoms. The summed E-state index contributed by atoms with van der Waals surface area (Å²) in [5.41, 5.74) is 0. The van der Waals surface area contributed by atoms with Gasteiger partial charge in [-0.25, -0.2) is 4.98 Å². The van der Waals surface area contributed by atoms with E-state index in [0.29, 0.717) is 0 Å². The molecule has 2 fully saturated rings. The minimum absolute atomic E-state index is 0.118. The normalized spacial score (nSPS) is 24.4. The summed E-state index contributed by atoms with van der Waals surface area (Å²) < 4.78 is 5.41. The average Bonchev–Trinajstić information content (AvgIpc) is 3.20. The van der Waals surface area contributed by atoms with Gasteiger partial charge in [0.1, 0.15) is 11.6 Å². The zero-order chi connectivity index (χ0) is 14.9. The zero-order valence-electron chi connectivity index (χ0n) is 12.4. The average molecular weight is 297 g/mol. The number of hydrogen-bond acceptors (Lipinski definition) is 4. The molecule has 22 heavy (non-hydrogen) atoms. The second-order valence-electron chi connectivity index (χ2n) is 5.96. The van der Waals surface area contributed by atoms with Crippen molar-refractivity contribution in [2.75, 3.05) is 31.1 Å². The van der Waals surface area contributed by atoms with Crippen molar-refractivity contribution in [3.05, 3.63) is 48.6 Å². The Bertz CT molecular complexity index is 633. The van der Waals surface area contributed by atoms with Crippen LogP contribution < -0.4 is 4.90 Å². The lowest BCUT2D eigenvalue weighted by Gasteiger charge is -2.35. The van der Waals surface area contributed by atoms with Gasteiger partial charge in [-0.05, 0) is 30.7 Å². The quantitative estimate of drug-likeness (QED) is 0.871. The maximum atomic E-state index is 12.6. The Hall–Kier alpha value is -2.30. The first-order valence-corrected chi connectivity index (χ1v) is 7.81. The van der Waals surface area contributed by atoms with Crippen molar-refractivity contribution in [2.45, 2.75) is 12.3 Å². The summed E-state index contributed by atoms with van der Waals surface area (Å²) in [7, 11) is 0. The van der Waals surface area contributed by atoms with Gasteiger partial charge >= 0.3 is 0 Å². The van der Waals surface area contributed by atoms with E-state index in [2.05, 4.69) is 9.88 Å². The molecule has 0 N–H and O–H groups in total. The molecular weight excluding hydrogens is 278 g/mol. The Balaban J connectivity index is 1.33. The molecule has 4 rings (SSSR count). The van der Waals surface area contributed by atoms with Crippen LogP contribution in [-0.2, 0) is 4.79 Å². The van der Waals surface area contributed by atoms with Crippen molar-refractivity contribution in [3.8, 4) is 0 Å². The summed E-state index contributed by atoms with van der Waals surface area (Å²) in [6.07, 6.45) is 4.42. The van der Waals surface area contributed by atoms with Crippen LogP contribution in [0.1, 0.15) is 18.1 Å². The van der Waals surface area contributed by atoms with Gasteiger partial charge in [0.2, 0.25) is 5.91 Å². The zero-order valence-corrected chi connectivity index (χ0v) is 12.4. The van der Waals surface area contributed by atoms with Gasteiger partial charge in [0.25, 0.3) is 0 Å². The molecule has 1 saturated carbocycles. The fraction of sp³-hybridized carbons (Fsp3) is 0.412. The van der Waals surface area contributed by atoms with Crippen LogP contribution in [0, 0.1) is 5.92 Å². The van der Waals surface area contributed by atoms with Gasteiger partial charge in [-0.2, -0.15) is 0 Å². The topological polar surface area (TPSA) is 49.6 Å². The molecule has 3 heterocycles. The fourth-order valence-electron chi connectivity index (χ4n) is 3.22. The van der Waals surface area contributed by atoms with Crippen LogP contribution >= 0.6 is 0 Å². The first kappa shape index (κ1) is 13.4. The van der Waals surface area contributed by atoms with E-state index in [-0.39, 0.29) is 17.7 Å². The monoisotopic (exact) mass is 297 g/mol. The highest BCUT2D eigenvalue weighted by atomic mass is 16.3. The minimum Gasteiger partial charge on any atom is -0.469 e. The summed E-state index contributed by atoms with van der Waals surface area (Å²) >= 11 is 0. The number of amides is 1. The van der Waals surface area contributed by atoms with Gasteiger partial charge in [0, 0.05) is 44.2 Å². The molecule has 2 aromatic rings. The molecule has 2 aliphatic rings. The minimum atomic E-state index is 0.118. The van der Waals surface area contributed by atoms with Crippen LogP contribution in [0.15, 0.2) is 47.2 Å². The van der Waals surface area contributed by atoms with E-state index >= 15 is 0 Å². The highest BCUT2D eigenvalue weighted by Gasteiger charge is 2.47. The van der Waals surface area contributed by atoms with E-state index < -0.39 is 0 Å². The number of nitrogens with zero attached hydrogens (tertiary/aromatic N) is 3. The summed E-state index contributed by atoms with van der Waals surface area (Å²) in [5.74, 6) is 2.63. The van der Waals surface area contributed by atoms with Crippen LogP contribution in [0.25, 0.3) is 0 Å². The molecule has 1 aliphatic heterocycles. The van der Waals surface area contributed by atoms with Crippen molar-refractivity contribution in [1.82, 2.24) is 9.88 Å². The van der Waals surface area contributed by atoms with Crippen LogP contribution in [0.3, 0.4) is 0 Å². The molecule has 2 unspecified atom stereocenters. The maximum absolute atomic E-state index is 12.6. The van der Waals surface area contributed by atoms with Gasteiger partial charge < -0.3 is 14.2 Å². The molecule has 5 heteroatoms. The predicted octanol–water partition coefficient (Wildman–Crippen LogP) is 2.13. The molecular formula is C17H19N3O2. The smallest absolute Gasteiger partial charge is 0.226 e. The van der Waals surface area contributed by atoms with Gasteiger partial charge in [-0.3, -0.25) is 4.79 Å². The third kappa shape index (κ3) is 2.47. The number of furan rings is 1. The molecule has 0 bridgehead atoms. The number of pyridine rings is 1. The lowest BCUT2D eigenvalue weighted by atomic mass is 10.2. The second-order valence-corrected chi connectivity index (χ2v) is 5.96. The van der Waals surface area contributed by atoms with Gasteiger partial charge in [0.05, 0.1) is 6.26 Å². The van der Waals surface area contributed by atoms with Crippen molar-refractivity contribution >= 4 is 11.7 Å². The van der Waals surface area contributed by atoms with Gasteiger partial charge in [0.15, 0.2) is 0 Å². The largest absolute Gasteiger partial charge is 0.469 e. The fourth-order valence-corrected chi connectivity index (χ4v) is 3.22. The number of rotatable bonds is 3. The highest BCUT2D eigenvalue weighted by molar-refractivity contribution is 5.83. The summed E-state index contributed by atoms with van der Waals surface area (Å²) in [6, 6.07) is 9.80. The molecule has 114 valence electrons. The van der Waals surface area contributed by atoms with Crippen molar-refractivity contribution < 1.29 is 9.21 Å². The molecule has 2 atom stereocenters. The highest BCUT2D eigenvalue weighted by Crippen LogP contribution is 2.48. The number of anilines is 1. The number of hydrogen-bond donors (Lipinski definition) is 0. The summed E-state index contributed by atoms with van der Waals surface area (Å²) in [6.45, 7) is 3.25. The standard InChI is InChI=1S/C17H19N3O2/c21-17(14-12-13(14)15-4-3-11-22-15)20-9-7-19(8-10-20)16-5-1-2-6-18-16/h1-6,11,13-14H,7-10,12H2. The molecule has 0 radical (unpaired) electrons. The summed E-state index contributed by atoms with van der Waals surface area (Å²) in [5, 5.41) is 0. The number of carbonyl (C=O) groups is 1. The van der Waals surface area contributed by atoms with Crippen molar-refractivity contribution in [1.29, 1.82) is 0 Å². The molecule has 1 amide bonds. The Morgan fingerprint density at radius 1 is 1.14 bits per heavy atom. The number of aromatic nitrogens is 1. The van der Waals surface area contributed by atoms with E-state index in [1.807, 2.05) is 41.4 Å². The predicted molar refractivity (Wildman–Crippen MR) is 82.6 cm³/mol. The van der Waals surface area contributed by atoms with E-state index in [0.717, 1.165) is 44.2 Å². The van der Waals surface area contributed by atoms with Crippen molar-refractivity contribution in [2.24, 2.45) is 5.92 Å².